The second kappa shape index (κ2) is 6.34. The first-order valence-electron chi connectivity index (χ1n) is 6.72. The van der Waals surface area contributed by atoms with Crippen LogP contribution in [0.1, 0.15) is 24.8 Å². The number of carboxylic acids is 1. The molecular formula is C14H16N2O5. The molecule has 2 rings (SSSR count). The molecule has 1 aromatic rings. The second-order valence-corrected chi connectivity index (χ2v) is 5.08. The number of nitro benzene ring substituents is 1. The van der Waals surface area contributed by atoms with Crippen LogP contribution < -0.4 is 0 Å². The van der Waals surface area contributed by atoms with Crippen molar-refractivity contribution in [3.8, 4) is 0 Å². The van der Waals surface area contributed by atoms with E-state index in [2.05, 4.69) is 0 Å². The van der Waals surface area contributed by atoms with Crippen LogP contribution in [0.3, 0.4) is 0 Å². The third kappa shape index (κ3) is 3.77. The number of nitro groups is 1. The van der Waals surface area contributed by atoms with E-state index in [1.165, 1.54) is 12.1 Å². The molecule has 0 spiro atoms. The molecule has 112 valence electrons. The highest BCUT2D eigenvalue weighted by molar-refractivity contribution is 5.80. The third-order valence-corrected chi connectivity index (χ3v) is 3.61. The molecular weight excluding hydrogens is 276 g/mol. The van der Waals surface area contributed by atoms with Gasteiger partial charge in [-0.15, -0.1) is 0 Å². The van der Waals surface area contributed by atoms with E-state index in [-0.39, 0.29) is 30.5 Å². The molecule has 0 aliphatic carbocycles. The summed E-state index contributed by atoms with van der Waals surface area (Å²) in [7, 11) is 0. The number of amides is 1. The Balaban J connectivity index is 2.00. The van der Waals surface area contributed by atoms with Crippen molar-refractivity contribution in [1.29, 1.82) is 0 Å². The van der Waals surface area contributed by atoms with Gasteiger partial charge in [0.2, 0.25) is 5.91 Å². The highest BCUT2D eigenvalue weighted by Gasteiger charge is 2.30. The lowest BCUT2D eigenvalue weighted by molar-refractivity contribution is -0.384. The molecule has 1 aliphatic rings. The Morgan fingerprint density at radius 2 is 2.00 bits per heavy atom. The molecule has 0 bridgehead atoms. The normalized spacial score (nSPS) is 17.7. The van der Waals surface area contributed by atoms with Crippen LogP contribution in [-0.4, -0.2) is 39.4 Å². The number of hydrogen-bond donors (Lipinski definition) is 1. The zero-order valence-corrected chi connectivity index (χ0v) is 11.4. The number of carbonyl (C=O) groups is 2. The largest absolute Gasteiger partial charge is 0.481 e. The molecule has 1 aliphatic heterocycles. The lowest BCUT2D eigenvalue weighted by Crippen LogP contribution is -2.37. The minimum Gasteiger partial charge on any atom is -0.481 e. The third-order valence-electron chi connectivity index (χ3n) is 3.61. The predicted molar refractivity (Wildman–Crippen MR) is 73.8 cm³/mol. The fraction of sp³-hybridized carbons (Fsp3) is 0.429. The van der Waals surface area contributed by atoms with Crippen molar-refractivity contribution in [1.82, 2.24) is 4.90 Å². The van der Waals surface area contributed by atoms with Crippen LogP contribution in [0, 0.1) is 10.1 Å². The maximum absolute atomic E-state index is 12.2. The van der Waals surface area contributed by atoms with Gasteiger partial charge in [-0.2, -0.15) is 0 Å². The summed E-state index contributed by atoms with van der Waals surface area (Å²) in [5.74, 6) is -1.04. The van der Waals surface area contributed by atoms with E-state index in [1.54, 1.807) is 17.0 Å². The van der Waals surface area contributed by atoms with E-state index < -0.39 is 10.9 Å². The van der Waals surface area contributed by atoms with Crippen molar-refractivity contribution in [3.63, 3.8) is 0 Å². The van der Waals surface area contributed by atoms with Crippen molar-refractivity contribution >= 4 is 17.6 Å². The molecule has 0 saturated carbocycles. The van der Waals surface area contributed by atoms with Crippen LogP contribution in [0.5, 0.6) is 0 Å². The van der Waals surface area contributed by atoms with E-state index in [0.717, 1.165) is 6.42 Å². The van der Waals surface area contributed by atoms with Gasteiger partial charge in [-0.25, -0.2) is 0 Å². The summed E-state index contributed by atoms with van der Waals surface area (Å²) in [6.45, 7) is 0.573. The van der Waals surface area contributed by atoms with Gasteiger partial charge >= 0.3 is 5.97 Å². The summed E-state index contributed by atoms with van der Waals surface area (Å²) >= 11 is 0. The highest BCUT2D eigenvalue weighted by atomic mass is 16.6. The molecule has 21 heavy (non-hydrogen) atoms. The quantitative estimate of drug-likeness (QED) is 0.656. The summed E-state index contributed by atoms with van der Waals surface area (Å²) in [6, 6.07) is 5.59. The molecule has 1 unspecified atom stereocenters. The molecule has 0 radical (unpaired) electrons. The number of carbonyl (C=O) groups excluding carboxylic acids is 1. The van der Waals surface area contributed by atoms with Crippen molar-refractivity contribution in [2.75, 3.05) is 6.54 Å². The maximum Gasteiger partial charge on any atom is 0.305 e. The van der Waals surface area contributed by atoms with Crippen molar-refractivity contribution in [2.45, 2.75) is 31.7 Å². The van der Waals surface area contributed by atoms with E-state index in [1.807, 2.05) is 0 Å². The van der Waals surface area contributed by atoms with E-state index in [0.29, 0.717) is 18.5 Å². The monoisotopic (exact) mass is 292 g/mol. The molecule has 1 aromatic carbocycles. The van der Waals surface area contributed by atoms with E-state index in [4.69, 9.17) is 5.11 Å². The average molecular weight is 292 g/mol. The van der Waals surface area contributed by atoms with Crippen molar-refractivity contribution in [2.24, 2.45) is 0 Å². The zero-order valence-electron chi connectivity index (χ0n) is 11.4. The number of carboxylic acid groups (broad SMARTS) is 1. The SMILES string of the molecule is O=C(O)CC1CCCN1C(=O)Cc1ccc([N+](=O)[O-])cc1. The molecule has 0 aromatic heterocycles. The smallest absolute Gasteiger partial charge is 0.305 e. The Hall–Kier alpha value is -2.44. The number of aliphatic carboxylic acids is 1. The lowest BCUT2D eigenvalue weighted by atomic mass is 10.1. The van der Waals surface area contributed by atoms with Gasteiger partial charge in [0.1, 0.15) is 0 Å². The van der Waals surface area contributed by atoms with Crippen molar-refractivity contribution < 1.29 is 19.6 Å². The zero-order chi connectivity index (χ0) is 15.4. The van der Waals surface area contributed by atoms with Gasteiger partial charge in [0.05, 0.1) is 17.8 Å². The predicted octanol–water partition coefficient (Wildman–Crippen LogP) is 1.60. The Morgan fingerprint density at radius 3 is 2.57 bits per heavy atom. The molecule has 1 atom stereocenters. The Labute approximate surface area is 121 Å². The van der Waals surface area contributed by atoms with Crippen LogP contribution in [0.4, 0.5) is 5.69 Å². The Bertz CT molecular complexity index is 555. The fourth-order valence-corrected chi connectivity index (χ4v) is 2.59. The first kappa shape index (κ1) is 15.0. The number of benzene rings is 1. The van der Waals surface area contributed by atoms with Gasteiger partial charge < -0.3 is 10.0 Å². The minimum atomic E-state index is -0.907. The summed E-state index contributed by atoms with van der Waals surface area (Å²) < 4.78 is 0. The highest BCUT2D eigenvalue weighted by Crippen LogP contribution is 2.21. The van der Waals surface area contributed by atoms with Crippen LogP contribution in [0.25, 0.3) is 0 Å². The van der Waals surface area contributed by atoms with E-state index in [9.17, 15) is 19.7 Å². The Kier molecular flexibility index (Phi) is 4.52. The second-order valence-electron chi connectivity index (χ2n) is 5.08. The molecule has 1 fully saturated rings. The van der Waals surface area contributed by atoms with Crippen LogP contribution in [-0.2, 0) is 16.0 Å². The van der Waals surface area contributed by atoms with Gasteiger partial charge in [0.15, 0.2) is 0 Å². The summed E-state index contributed by atoms with van der Waals surface area (Å²) in [5.41, 5.74) is 0.669. The number of nitrogens with zero attached hydrogens (tertiary/aromatic N) is 2. The fourth-order valence-electron chi connectivity index (χ4n) is 2.59. The summed E-state index contributed by atoms with van der Waals surface area (Å²) in [4.78, 5) is 34.7. The number of non-ortho nitro benzene ring substituents is 1. The van der Waals surface area contributed by atoms with Gasteiger partial charge in [-0.1, -0.05) is 12.1 Å². The van der Waals surface area contributed by atoms with Gasteiger partial charge in [-0.05, 0) is 18.4 Å². The first-order chi connectivity index (χ1) is 9.97. The van der Waals surface area contributed by atoms with Crippen LogP contribution in [0.2, 0.25) is 0 Å². The molecule has 1 heterocycles. The van der Waals surface area contributed by atoms with Gasteiger partial charge in [0, 0.05) is 24.7 Å². The van der Waals surface area contributed by atoms with Gasteiger partial charge in [0.25, 0.3) is 5.69 Å². The first-order valence-corrected chi connectivity index (χ1v) is 6.72. The lowest BCUT2D eigenvalue weighted by Gasteiger charge is -2.23. The molecule has 1 amide bonds. The summed E-state index contributed by atoms with van der Waals surface area (Å²) in [5, 5.41) is 19.4. The van der Waals surface area contributed by atoms with Crippen LogP contribution in [0.15, 0.2) is 24.3 Å². The summed E-state index contributed by atoms with van der Waals surface area (Å²) in [6.07, 6.45) is 1.61. The molecule has 7 nitrogen and oxygen atoms in total. The molecule has 1 N–H and O–H groups in total. The average Bonchev–Trinajstić information content (AvgIpc) is 2.86. The Morgan fingerprint density at radius 1 is 1.33 bits per heavy atom. The molecule has 1 saturated heterocycles. The van der Waals surface area contributed by atoms with E-state index >= 15 is 0 Å². The number of hydrogen-bond acceptors (Lipinski definition) is 4. The van der Waals surface area contributed by atoms with Crippen molar-refractivity contribution in [3.05, 3.63) is 39.9 Å². The topological polar surface area (TPSA) is 101 Å². The van der Waals surface area contributed by atoms with Crippen LogP contribution >= 0.6 is 0 Å². The standard InChI is InChI=1S/C14H16N2O5/c17-13(15-7-1-2-12(15)9-14(18)19)8-10-3-5-11(6-4-10)16(20)21/h3-6,12H,1-2,7-9H2,(H,18,19). The molecule has 7 heteroatoms. The van der Waals surface area contributed by atoms with Gasteiger partial charge in [-0.3, -0.25) is 19.7 Å². The number of rotatable bonds is 5. The number of likely N-dealkylation sites (tertiary alicyclic amines) is 1. The minimum absolute atomic E-state index is 0.0175. The maximum atomic E-state index is 12.2.